The van der Waals surface area contributed by atoms with Gasteiger partial charge in [0.2, 0.25) is 5.88 Å². The fourth-order valence-electron chi connectivity index (χ4n) is 3.31. The minimum absolute atomic E-state index is 0.0914. The van der Waals surface area contributed by atoms with Crippen molar-refractivity contribution in [3.05, 3.63) is 82.4 Å². The van der Waals surface area contributed by atoms with Gasteiger partial charge in [0.1, 0.15) is 22.5 Å². The number of nitrogens with one attached hydrogen (secondary N) is 1. The minimum atomic E-state index is -0.408. The van der Waals surface area contributed by atoms with E-state index >= 15 is 0 Å². The predicted octanol–water partition coefficient (Wildman–Crippen LogP) is 5.76. The molecule has 29 heavy (non-hydrogen) atoms. The molecular formula is C24H23NO4. The molecule has 1 N–H and O–H groups in total. The molecular weight excluding hydrogens is 366 g/mol. The highest BCUT2D eigenvalue weighted by molar-refractivity contribution is 5.99. The molecule has 0 aliphatic carbocycles. The third-order valence-electron chi connectivity index (χ3n) is 4.54. The number of benzene rings is 2. The second-order valence-corrected chi connectivity index (χ2v) is 7.22. The standard InChI is InChI=1S/C24H23NO4/c1-15(2)27-19-11-9-18(10-12-19)21-22-20(13-16(3)28-24(22)26)29-23(21)25-14-17-7-5-4-6-8-17/h4-13,15,25H,14H2,1-3H3. The van der Waals surface area contributed by atoms with Gasteiger partial charge in [0, 0.05) is 12.6 Å². The summed E-state index contributed by atoms with van der Waals surface area (Å²) < 4.78 is 17.1. The van der Waals surface area contributed by atoms with Crippen LogP contribution in [0.4, 0.5) is 5.88 Å². The molecule has 0 spiro atoms. The summed E-state index contributed by atoms with van der Waals surface area (Å²) in [6, 6.07) is 19.4. The lowest BCUT2D eigenvalue weighted by molar-refractivity contribution is 0.242. The van der Waals surface area contributed by atoms with Gasteiger partial charge in [0.15, 0.2) is 0 Å². The Bertz CT molecular complexity index is 1170. The van der Waals surface area contributed by atoms with Crippen LogP contribution in [-0.2, 0) is 6.54 Å². The molecule has 0 unspecified atom stereocenters. The Morgan fingerprint density at radius 2 is 1.72 bits per heavy atom. The lowest BCUT2D eigenvalue weighted by Gasteiger charge is -2.11. The molecule has 4 rings (SSSR count). The van der Waals surface area contributed by atoms with E-state index < -0.39 is 5.63 Å². The highest BCUT2D eigenvalue weighted by atomic mass is 16.5. The van der Waals surface area contributed by atoms with Crippen LogP contribution in [0, 0.1) is 6.92 Å². The van der Waals surface area contributed by atoms with Crippen molar-refractivity contribution in [2.75, 3.05) is 5.32 Å². The highest BCUT2D eigenvalue weighted by Crippen LogP contribution is 2.38. The van der Waals surface area contributed by atoms with E-state index in [0.29, 0.717) is 34.7 Å². The minimum Gasteiger partial charge on any atom is -0.491 e. The first-order valence-corrected chi connectivity index (χ1v) is 9.63. The summed E-state index contributed by atoms with van der Waals surface area (Å²) >= 11 is 0. The average Bonchev–Trinajstić information content (AvgIpc) is 3.06. The summed E-state index contributed by atoms with van der Waals surface area (Å²) in [7, 11) is 0. The monoisotopic (exact) mass is 389 g/mol. The van der Waals surface area contributed by atoms with E-state index in [1.807, 2.05) is 68.4 Å². The summed E-state index contributed by atoms with van der Waals surface area (Å²) in [6.07, 6.45) is 0.0914. The second kappa shape index (κ2) is 7.87. The zero-order chi connectivity index (χ0) is 20.4. The van der Waals surface area contributed by atoms with Crippen molar-refractivity contribution in [3.63, 3.8) is 0 Å². The van der Waals surface area contributed by atoms with Crippen molar-refractivity contribution in [2.45, 2.75) is 33.4 Å². The Kier molecular flexibility index (Phi) is 5.12. The SMILES string of the molecule is Cc1cc2oc(NCc3ccccc3)c(-c3ccc(OC(C)C)cc3)c2c(=O)o1. The van der Waals surface area contributed by atoms with E-state index in [1.54, 1.807) is 13.0 Å². The lowest BCUT2D eigenvalue weighted by Crippen LogP contribution is -2.05. The third kappa shape index (κ3) is 4.04. The van der Waals surface area contributed by atoms with E-state index in [4.69, 9.17) is 13.6 Å². The smallest absolute Gasteiger partial charge is 0.347 e. The average molecular weight is 389 g/mol. The van der Waals surface area contributed by atoms with Gasteiger partial charge in [0.05, 0.1) is 11.7 Å². The van der Waals surface area contributed by atoms with Crippen molar-refractivity contribution in [1.82, 2.24) is 0 Å². The zero-order valence-corrected chi connectivity index (χ0v) is 16.7. The van der Waals surface area contributed by atoms with Crippen LogP contribution in [0.2, 0.25) is 0 Å². The number of anilines is 1. The Morgan fingerprint density at radius 1 is 1.00 bits per heavy atom. The maximum absolute atomic E-state index is 12.6. The molecule has 2 aromatic heterocycles. The maximum atomic E-state index is 12.6. The van der Waals surface area contributed by atoms with Gasteiger partial charge in [-0.25, -0.2) is 4.79 Å². The Hall–Kier alpha value is -3.47. The molecule has 4 aromatic rings. The van der Waals surface area contributed by atoms with Gasteiger partial charge >= 0.3 is 5.63 Å². The molecule has 0 aliphatic rings. The van der Waals surface area contributed by atoms with Crippen molar-refractivity contribution >= 4 is 16.9 Å². The Labute approximate surface area is 168 Å². The summed E-state index contributed by atoms with van der Waals surface area (Å²) in [5.41, 5.74) is 2.76. The quantitative estimate of drug-likeness (QED) is 0.454. The Balaban J connectivity index is 1.78. The number of rotatable bonds is 6. The summed E-state index contributed by atoms with van der Waals surface area (Å²) in [5, 5.41) is 3.77. The van der Waals surface area contributed by atoms with E-state index in [9.17, 15) is 4.79 Å². The molecule has 0 bridgehead atoms. The van der Waals surface area contributed by atoms with Gasteiger partial charge in [-0.1, -0.05) is 42.5 Å². The summed E-state index contributed by atoms with van der Waals surface area (Å²) in [4.78, 5) is 12.6. The van der Waals surface area contributed by atoms with Crippen LogP contribution in [0.25, 0.3) is 22.1 Å². The van der Waals surface area contributed by atoms with Crippen molar-refractivity contribution < 1.29 is 13.6 Å². The summed E-state index contributed by atoms with van der Waals surface area (Å²) in [5.74, 6) is 1.83. The molecule has 0 amide bonds. The number of fused-ring (bicyclic) bond motifs is 1. The maximum Gasteiger partial charge on any atom is 0.347 e. The van der Waals surface area contributed by atoms with Gasteiger partial charge < -0.3 is 18.9 Å². The van der Waals surface area contributed by atoms with Gasteiger partial charge in [-0.2, -0.15) is 0 Å². The number of aryl methyl sites for hydroxylation is 1. The van der Waals surface area contributed by atoms with Crippen LogP contribution < -0.4 is 15.7 Å². The largest absolute Gasteiger partial charge is 0.491 e. The van der Waals surface area contributed by atoms with Gasteiger partial charge in [-0.15, -0.1) is 0 Å². The predicted molar refractivity (Wildman–Crippen MR) is 114 cm³/mol. The Morgan fingerprint density at radius 3 is 2.41 bits per heavy atom. The van der Waals surface area contributed by atoms with Crippen molar-refractivity contribution in [2.24, 2.45) is 0 Å². The molecule has 0 saturated heterocycles. The van der Waals surface area contributed by atoms with Gasteiger partial charge in [-0.05, 0) is 44.0 Å². The molecule has 0 atom stereocenters. The van der Waals surface area contributed by atoms with Crippen molar-refractivity contribution in [3.8, 4) is 16.9 Å². The molecule has 0 fully saturated rings. The van der Waals surface area contributed by atoms with Crippen LogP contribution in [0.15, 0.2) is 74.3 Å². The molecule has 2 heterocycles. The highest BCUT2D eigenvalue weighted by Gasteiger charge is 2.20. The number of hydrogen-bond donors (Lipinski definition) is 1. The topological polar surface area (TPSA) is 64.6 Å². The fraction of sp³-hybridized carbons (Fsp3) is 0.208. The van der Waals surface area contributed by atoms with E-state index in [-0.39, 0.29) is 6.10 Å². The normalized spacial score (nSPS) is 11.2. The number of furan rings is 1. The number of hydrogen-bond acceptors (Lipinski definition) is 5. The van der Waals surface area contributed by atoms with Crippen LogP contribution in [0.1, 0.15) is 25.2 Å². The number of ether oxygens (including phenoxy) is 1. The third-order valence-corrected chi connectivity index (χ3v) is 4.54. The first kappa shape index (κ1) is 18.9. The molecule has 5 heteroatoms. The first-order valence-electron chi connectivity index (χ1n) is 9.63. The molecule has 5 nitrogen and oxygen atoms in total. The van der Waals surface area contributed by atoms with E-state index in [1.165, 1.54) is 0 Å². The molecule has 0 aliphatic heterocycles. The van der Waals surface area contributed by atoms with Gasteiger partial charge in [-0.3, -0.25) is 0 Å². The van der Waals surface area contributed by atoms with E-state index in [2.05, 4.69) is 5.32 Å². The lowest BCUT2D eigenvalue weighted by atomic mass is 10.0. The molecule has 2 aromatic carbocycles. The van der Waals surface area contributed by atoms with Gasteiger partial charge in [0.25, 0.3) is 0 Å². The fourth-order valence-corrected chi connectivity index (χ4v) is 3.31. The van der Waals surface area contributed by atoms with Crippen LogP contribution in [0.3, 0.4) is 0 Å². The van der Waals surface area contributed by atoms with E-state index in [0.717, 1.165) is 16.9 Å². The molecule has 0 radical (unpaired) electrons. The first-order chi connectivity index (χ1) is 14.0. The van der Waals surface area contributed by atoms with Crippen LogP contribution >= 0.6 is 0 Å². The molecule has 0 saturated carbocycles. The second-order valence-electron chi connectivity index (χ2n) is 7.22. The summed E-state index contributed by atoms with van der Waals surface area (Å²) in [6.45, 7) is 6.28. The van der Waals surface area contributed by atoms with Crippen LogP contribution in [-0.4, -0.2) is 6.10 Å². The van der Waals surface area contributed by atoms with Crippen LogP contribution in [0.5, 0.6) is 5.75 Å². The van der Waals surface area contributed by atoms with Crippen molar-refractivity contribution in [1.29, 1.82) is 0 Å². The zero-order valence-electron chi connectivity index (χ0n) is 16.7. The molecule has 148 valence electrons.